The van der Waals surface area contributed by atoms with E-state index in [1.165, 1.54) is 16.7 Å². The minimum absolute atomic E-state index is 0.0758. The lowest BCUT2D eigenvalue weighted by atomic mass is 10.0. The zero-order chi connectivity index (χ0) is 25.1. The number of aromatic nitrogens is 1. The van der Waals surface area contributed by atoms with E-state index in [0.29, 0.717) is 58.1 Å². The number of hydrogen-bond acceptors (Lipinski definition) is 9. The molecule has 0 bridgehead atoms. The summed E-state index contributed by atoms with van der Waals surface area (Å²) in [5, 5.41) is 19.0. The van der Waals surface area contributed by atoms with Gasteiger partial charge in [-0.25, -0.2) is 0 Å². The number of anilines is 1. The predicted molar refractivity (Wildman–Crippen MR) is 139 cm³/mol. The zero-order valence-corrected chi connectivity index (χ0v) is 21.3. The molecule has 0 atom stereocenters. The normalized spacial score (nSPS) is 18.1. The molecule has 0 aromatic carbocycles. The van der Waals surface area contributed by atoms with Gasteiger partial charge in [0, 0.05) is 44.8 Å². The van der Waals surface area contributed by atoms with E-state index in [1.54, 1.807) is 36.0 Å². The summed E-state index contributed by atoms with van der Waals surface area (Å²) in [5.74, 6) is 1.10. The molecule has 1 N–H and O–H groups in total. The van der Waals surface area contributed by atoms with Crippen LogP contribution in [0, 0.1) is 18.3 Å². The summed E-state index contributed by atoms with van der Waals surface area (Å²) in [6.07, 6.45) is 3.31. The number of furan rings is 1. The standard InChI is InChI=1S/C24H27N5O4S2/c1-3-28-21(27-8-6-26(7-9-27)10-11-30)18(16(2)19(14-25)22(28)31)13-20-23(32)29(24(34)35-20)15-17-5-4-12-33-17/h4-5,12-13,30H,3,6-11,15H2,1-2H3/b20-13-. The number of pyridine rings is 1. The highest BCUT2D eigenvalue weighted by Crippen LogP contribution is 2.36. The molecule has 0 unspecified atom stereocenters. The van der Waals surface area contributed by atoms with Gasteiger partial charge in [0.15, 0.2) is 0 Å². The molecule has 0 aliphatic carbocycles. The Balaban J connectivity index is 1.77. The molecule has 9 nitrogen and oxygen atoms in total. The summed E-state index contributed by atoms with van der Waals surface area (Å²) in [4.78, 5) is 32.7. The van der Waals surface area contributed by atoms with Crippen LogP contribution in [0.3, 0.4) is 0 Å². The molecule has 0 spiro atoms. The van der Waals surface area contributed by atoms with E-state index in [4.69, 9.17) is 16.6 Å². The molecule has 0 saturated carbocycles. The van der Waals surface area contributed by atoms with Crippen LogP contribution in [0.15, 0.2) is 32.5 Å². The van der Waals surface area contributed by atoms with Crippen molar-refractivity contribution in [2.75, 3.05) is 44.2 Å². The number of rotatable bonds is 7. The van der Waals surface area contributed by atoms with Crippen molar-refractivity contribution in [1.29, 1.82) is 5.26 Å². The fraction of sp³-hybridized carbons (Fsp3) is 0.417. The number of piperazine rings is 1. The van der Waals surface area contributed by atoms with E-state index in [1.807, 2.05) is 6.92 Å². The number of aliphatic hydroxyl groups is 1. The summed E-state index contributed by atoms with van der Waals surface area (Å²) in [5.41, 5.74) is 0.970. The second kappa shape index (κ2) is 10.8. The number of nitrogens with zero attached hydrogens (tertiary/aromatic N) is 5. The van der Waals surface area contributed by atoms with Crippen LogP contribution in [0.25, 0.3) is 6.08 Å². The first-order valence-electron chi connectivity index (χ1n) is 11.4. The molecule has 1 amide bonds. The van der Waals surface area contributed by atoms with Crippen LogP contribution in [0.1, 0.15) is 29.4 Å². The molecule has 4 rings (SSSR count). The Morgan fingerprint density at radius 2 is 2.03 bits per heavy atom. The quantitative estimate of drug-likeness (QED) is 0.440. The molecule has 2 aromatic rings. The summed E-state index contributed by atoms with van der Waals surface area (Å²) < 4.78 is 7.42. The molecular formula is C24H27N5O4S2. The summed E-state index contributed by atoms with van der Waals surface area (Å²) in [6, 6.07) is 5.61. The number of carbonyl (C=O) groups excluding carboxylic acids is 1. The third-order valence-corrected chi connectivity index (χ3v) is 7.67. The summed E-state index contributed by atoms with van der Waals surface area (Å²) >= 11 is 6.68. The number of carbonyl (C=O) groups is 1. The zero-order valence-electron chi connectivity index (χ0n) is 19.7. The molecule has 4 heterocycles. The molecule has 184 valence electrons. The number of amides is 1. The Labute approximate surface area is 213 Å². The van der Waals surface area contributed by atoms with Crippen LogP contribution in [0.2, 0.25) is 0 Å². The molecular weight excluding hydrogens is 486 g/mol. The molecule has 0 radical (unpaired) electrons. The van der Waals surface area contributed by atoms with Crippen LogP contribution in [0.5, 0.6) is 0 Å². The number of thioether (sulfide) groups is 1. The SMILES string of the molecule is CCn1c(N2CCN(CCO)CC2)c(/C=C2\SC(=S)N(Cc3ccco3)C2=O)c(C)c(C#N)c1=O. The van der Waals surface area contributed by atoms with Crippen LogP contribution >= 0.6 is 24.0 Å². The Morgan fingerprint density at radius 1 is 1.29 bits per heavy atom. The number of aliphatic hydroxyl groups excluding tert-OH is 1. The van der Waals surface area contributed by atoms with Gasteiger partial charge in [-0.1, -0.05) is 24.0 Å². The van der Waals surface area contributed by atoms with Crippen molar-refractivity contribution < 1.29 is 14.3 Å². The van der Waals surface area contributed by atoms with Crippen LogP contribution in [-0.2, 0) is 17.9 Å². The van der Waals surface area contributed by atoms with E-state index < -0.39 is 0 Å². The topological polar surface area (TPSA) is 106 Å². The van der Waals surface area contributed by atoms with Gasteiger partial charge in [0.2, 0.25) is 0 Å². The highest BCUT2D eigenvalue weighted by Gasteiger charge is 2.34. The number of β-amino-alcohol motifs (C(OH)–C–C–N with tert-alkyl or cyclic N) is 1. The molecule has 2 saturated heterocycles. The van der Waals surface area contributed by atoms with Crippen LogP contribution < -0.4 is 10.5 Å². The van der Waals surface area contributed by atoms with Gasteiger partial charge in [0.25, 0.3) is 11.5 Å². The summed E-state index contributed by atoms with van der Waals surface area (Å²) in [6.45, 7) is 7.75. The highest BCUT2D eigenvalue weighted by molar-refractivity contribution is 8.26. The molecule has 2 aromatic heterocycles. The minimum Gasteiger partial charge on any atom is -0.467 e. The van der Waals surface area contributed by atoms with E-state index in [9.17, 15) is 20.0 Å². The van der Waals surface area contributed by atoms with Gasteiger partial charge < -0.3 is 14.4 Å². The van der Waals surface area contributed by atoms with Gasteiger partial charge in [-0.3, -0.25) is 24.0 Å². The predicted octanol–water partition coefficient (Wildman–Crippen LogP) is 2.16. The number of thiocarbonyl (C=S) groups is 1. The van der Waals surface area contributed by atoms with E-state index >= 15 is 0 Å². The second-order valence-electron chi connectivity index (χ2n) is 8.30. The monoisotopic (exact) mass is 513 g/mol. The van der Waals surface area contributed by atoms with Crippen LogP contribution in [-0.4, -0.2) is 69.0 Å². The molecule has 11 heteroatoms. The van der Waals surface area contributed by atoms with E-state index in [0.717, 1.165) is 13.1 Å². The third kappa shape index (κ3) is 4.92. The molecule has 2 aliphatic rings. The first-order valence-corrected chi connectivity index (χ1v) is 12.7. The van der Waals surface area contributed by atoms with Gasteiger partial charge in [0.05, 0.1) is 24.3 Å². The second-order valence-corrected chi connectivity index (χ2v) is 9.97. The summed E-state index contributed by atoms with van der Waals surface area (Å²) in [7, 11) is 0. The fourth-order valence-electron chi connectivity index (χ4n) is 4.43. The van der Waals surface area contributed by atoms with Crippen molar-refractivity contribution in [3.8, 4) is 6.07 Å². The van der Waals surface area contributed by atoms with Gasteiger partial charge in [-0.15, -0.1) is 0 Å². The van der Waals surface area contributed by atoms with Gasteiger partial charge >= 0.3 is 0 Å². The van der Waals surface area contributed by atoms with Crippen molar-refractivity contribution >= 4 is 46.1 Å². The first kappa shape index (κ1) is 25.2. The van der Waals surface area contributed by atoms with Gasteiger partial charge in [0.1, 0.15) is 27.5 Å². The van der Waals surface area contributed by atoms with Crippen molar-refractivity contribution in [2.24, 2.45) is 0 Å². The smallest absolute Gasteiger partial charge is 0.270 e. The number of hydrogen-bond donors (Lipinski definition) is 1. The number of nitriles is 1. The average Bonchev–Trinajstić information content (AvgIpc) is 3.46. The maximum atomic E-state index is 13.3. The molecule has 2 aliphatic heterocycles. The largest absolute Gasteiger partial charge is 0.467 e. The Morgan fingerprint density at radius 3 is 2.63 bits per heavy atom. The minimum atomic E-state index is -0.331. The Bertz CT molecular complexity index is 1250. The first-order chi connectivity index (χ1) is 16.9. The fourth-order valence-corrected chi connectivity index (χ4v) is 5.67. The van der Waals surface area contributed by atoms with E-state index in [2.05, 4.69) is 15.9 Å². The van der Waals surface area contributed by atoms with Crippen molar-refractivity contribution in [3.63, 3.8) is 0 Å². The van der Waals surface area contributed by atoms with Crippen LogP contribution in [0.4, 0.5) is 5.82 Å². The van der Waals surface area contributed by atoms with E-state index in [-0.39, 0.29) is 30.2 Å². The van der Waals surface area contributed by atoms with Gasteiger partial charge in [-0.05, 0) is 37.6 Å². The maximum Gasteiger partial charge on any atom is 0.270 e. The Hall–Kier alpha value is -2.91. The van der Waals surface area contributed by atoms with Crippen molar-refractivity contribution in [3.05, 3.63) is 56.1 Å². The average molecular weight is 514 g/mol. The van der Waals surface area contributed by atoms with Crippen molar-refractivity contribution in [1.82, 2.24) is 14.4 Å². The van der Waals surface area contributed by atoms with Gasteiger partial charge in [-0.2, -0.15) is 5.26 Å². The Kier molecular flexibility index (Phi) is 7.76. The maximum absolute atomic E-state index is 13.3. The lowest BCUT2D eigenvalue weighted by Gasteiger charge is -2.37. The lowest BCUT2D eigenvalue weighted by molar-refractivity contribution is -0.122. The van der Waals surface area contributed by atoms with Crippen molar-refractivity contribution in [2.45, 2.75) is 26.9 Å². The molecule has 2 fully saturated rings. The third-order valence-electron chi connectivity index (χ3n) is 6.29. The molecule has 35 heavy (non-hydrogen) atoms. The highest BCUT2D eigenvalue weighted by atomic mass is 32.2. The lowest BCUT2D eigenvalue weighted by Crippen LogP contribution is -2.49.